The number of benzene rings is 1. The van der Waals surface area contributed by atoms with Gasteiger partial charge in [-0.15, -0.1) is 0 Å². The van der Waals surface area contributed by atoms with E-state index < -0.39 is 11.8 Å². The minimum absolute atomic E-state index is 0.0688. The van der Waals surface area contributed by atoms with Crippen LogP contribution in [0.4, 0.5) is 0 Å². The molecule has 2 fully saturated rings. The number of hydrogen-bond acceptors (Lipinski definition) is 4. The van der Waals surface area contributed by atoms with Gasteiger partial charge in [0.25, 0.3) is 5.91 Å². The van der Waals surface area contributed by atoms with Crippen LogP contribution in [0.2, 0.25) is 0 Å². The molecular weight excluding hydrogens is 382 g/mol. The van der Waals surface area contributed by atoms with Crippen molar-refractivity contribution in [2.24, 2.45) is 0 Å². The van der Waals surface area contributed by atoms with Gasteiger partial charge in [0.2, 0.25) is 0 Å². The maximum Gasteiger partial charge on any atom is 0.312 e. The van der Waals surface area contributed by atoms with Crippen molar-refractivity contribution in [2.45, 2.75) is 38.8 Å². The second-order valence-electron chi connectivity index (χ2n) is 7.83. The number of hydrogen-bond donors (Lipinski definition) is 1. The molecule has 1 N–H and O–H groups in total. The van der Waals surface area contributed by atoms with Gasteiger partial charge < -0.3 is 15.1 Å². The molecule has 158 valence electrons. The van der Waals surface area contributed by atoms with E-state index in [9.17, 15) is 14.4 Å². The minimum atomic E-state index is -0.535. The first-order chi connectivity index (χ1) is 14.6. The third-order valence-corrected chi connectivity index (χ3v) is 5.65. The molecule has 3 amide bonds. The summed E-state index contributed by atoms with van der Waals surface area (Å²) in [5, 5.41) is 7.18. The number of amides is 3. The second kappa shape index (κ2) is 8.69. The summed E-state index contributed by atoms with van der Waals surface area (Å²) in [6, 6.07) is 10.2. The van der Waals surface area contributed by atoms with Crippen LogP contribution in [0.3, 0.4) is 0 Å². The molecule has 2 aromatic rings. The zero-order valence-electron chi connectivity index (χ0n) is 17.2. The number of nitrogens with one attached hydrogen (secondary N) is 1. The van der Waals surface area contributed by atoms with Crippen molar-refractivity contribution in [3.05, 3.63) is 53.3 Å². The Bertz CT molecular complexity index is 928. The Hall–Kier alpha value is -3.16. The molecule has 1 aliphatic heterocycles. The van der Waals surface area contributed by atoms with E-state index in [0.717, 1.165) is 24.1 Å². The van der Waals surface area contributed by atoms with E-state index in [4.69, 9.17) is 0 Å². The predicted molar refractivity (Wildman–Crippen MR) is 111 cm³/mol. The summed E-state index contributed by atoms with van der Waals surface area (Å²) in [4.78, 5) is 40.6. The van der Waals surface area contributed by atoms with Crippen LogP contribution in [0.15, 0.2) is 36.5 Å². The molecule has 0 radical (unpaired) electrons. The highest BCUT2D eigenvalue weighted by molar-refractivity contribution is 6.35. The predicted octanol–water partition coefficient (Wildman–Crippen LogP) is 1.06. The van der Waals surface area contributed by atoms with Gasteiger partial charge in [-0.05, 0) is 24.8 Å². The van der Waals surface area contributed by atoms with Crippen LogP contribution < -0.4 is 5.32 Å². The highest BCUT2D eigenvalue weighted by Gasteiger charge is 2.32. The summed E-state index contributed by atoms with van der Waals surface area (Å²) in [7, 11) is 0. The minimum Gasteiger partial charge on any atom is -0.345 e. The smallest absolute Gasteiger partial charge is 0.312 e. The summed E-state index contributed by atoms with van der Waals surface area (Å²) < 4.78 is 1.88. The van der Waals surface area contributed by atoms with Crippen LogP contribution in [0, 0.1) is 0 Å². The van der Waals surface area contributed by atoms with Gasteiger partial charge in [-0.25, -0.2) is 0 Å². The van der Waals surface area contributed by atoms with Crippen LogP contribution >= 0.6 is 0 Å². The van der Waals surface area contributed by atoms with Crippen LogP contribution in [0.25, 0.3) is 0 Å². The Morgan fingerprint density at radius 1 is 1.03 bits per heavy atom. The number of aromatic nitrogens is 2. The molecule has 8 heteroatoms. The highest BCUT2D eigenvalue weighted by atomic mass is 16.2. The Labute approximate surface area is 175 Å². The molecule has 0 bridgehead atoms. The highest BCUT2D eigenvalue weighted by Crippen LogP contribution is 2.19. The molecule has 1 aromatic heterocycles. The molecule has 0 spiro atoms. The fourth-order valence-electron chi connectivity index (χ4n) is 3.76. The van der Waals surface area contributed by atoms with Crippen LogP contribution in [-0.2, 0) is 22.6 Å². The molecule has 1 aromatic carbocycles. The van der Waals surface area contributed by atoms with Crippen LogP contribution in [0.5, 0.6) is 0 Å². The normalized spacial score (nSPS) is 16.4. The van der Waals surface area contributed by atoms with Crippen molar-refractivity contribution < 1.29 is 14.4 Å². The van der Waals surface area contributed by atoms with E-state index in [2.05, 4.69) is 10.4 Å². The lowest BCUT2D eigenvalue weighted by Gasteiger charge is -2.34. The quantitative estimate of drug-likeness (QED) is 0.748. The third-order valence-electron chi connectivity index (χ3n) is 5.65. The van der Waals surface area contributed by atoms with Gasteiger partial charge in [0.1, 0.15) is 0 Å². The topological polar surface area (TPSA) is 87.5 Å². The lowest BCUT2D eigenvalue weighted by atomic mass is 10.1. The molecule has 1 saturated carbocycles. The van der Waals surface area contributed by atoms with Gasteiger partial charge >= 0.3 is 11.8 Å². The van der Waals surface area contributed by atoms with Crippen LogP contribution in [-0.4, -0.2) is 69.5 Å². The van der Waals surface area contributed by atoms with Crippen molar-refractivity contribution in [3.8, 4) is 0 Å². The summed E-state index contributed by atoms with van der Waals surface area (Å²) in [6.45, 7) is 4.19. The summed E-state index contributed by atoms with van der Waals surface area (Å²) in [6.07, 6.45) is 4.23. The van der Waals surface area contributed by atoms with Crippen molar-refractivity contribution in [2.75, 3.05) is 26.2 Å². The first kappa shape index (κ1) is 20.1. The standard InChI is InChI=1S/C22H27N5O3/c1-2-19-18(14-23-27(19)15-16-6-4-3-5-7-16)21(29)25-10-12-26(13-11-25)22(30)20(28)24-17-8-9-17/h3-7,14,17H,2,8-13,15H2,1H3,(H,24,28). The maximum atomic E-state index is 13.1. The monoisotopic (exact) mass is 409 g/mol. The Morgan fingerprint density at radius 2 is 1.70 bits per heavy atom. The largest absolute Gasteiger partial charge is 0.345 e. The van der Waals surface area contributed by atoms with Crippen molar-refractivity contribution in [1.82, 2.24) is 24.9 Å². The molecule has 2 aliphatic rings. The molecule has 2 heterocycles. The van der Waals surface area contributed by atoms with E-state index in [1.165, 1.54) is 4.90 Å². The number of carbonyl (C=O) groups is 3. The Kier molecular flexibility index (Phi) is 5.83. The van der Waals surface area contributed by atoms with E-state index >= 15 is 0 Å². The fourth-order valence-corrected chi connectivity index (χ4v) is 3.76. The molecule has 8 nitrogen and oxygen atoms in total. The Balaban J connectivity index is 1.38. The molecule has 0 atom stereocenters. The van der Waals surface area contributed by atoms with Gasteiger partial charge in [-0.2, -0.15) is 5.10 Å². The average Bonchev–Trinajstić information content (AvgIpc) is 3.50. The third kappa shape index (κ3) is 4.37. The van der Waals surface area contributed by atoms with Gasteiger partial charge in [-0.1, -0.05) is 37.3 Å². The average molecular weight is 409 g/mol. The lowest BCUT2D eigenvalue weighted by Crippen LogP contribution is -2.54. The first-order valence-corrected chi connectivity index (χ1v) is 10.5. The molecular formula is C22H27N5O3. The maximum absolute atomic E-state index is 13.1. The number of carbonyl (C=O) groups excluding carboxylic acids is 3. The van der Waals surface area contributed by atoms with E-state index in [1.807, 2.05) is 41.9 Å². The van der Waals surface area contributed by atoms with Gasteiger partial charge in [0.15, 0.2) is 0 Å². The van der Waals surface area contributed by atoms with E-state index in [1.54, 1.807) is 11.1 Å². The number of rotatable bonds is 5. The van der Waals surface area contributed by atoms with Crippen molar-refractivity contribution in [3.63, 3.8) is 0 Å². The summed E-state index contributed by atoms with van der Waals surface area (Å²) in [5.74, 6) is -1.10. The zero-order chi connectivity index (χ0) is 21.1. The first-order valence-electron chi connectivity index (χ1n) is 10.5. The van der Waals surface area contributed by atoms with Crippen molar-refractivity contribution >= 4 is 17.7 Å². The molecule has 0 unspecified atom stereocenters. The molecule has 1 saturated heterocycles. The second-order valence-corrected chi connectivity index (χ2v) is 7.83. The SMILES string of the molecule is CCc1c(C(=O)N2CCN(C(=O)C(=O)NC3CC3)CC2)cnn1Cc1ccccc1. The Morgan fingerprint density at radius 3 is 2.33 bits per heavy atom. The van der Waals surface area contributed by atoms with Gasteiger partial charge in [0.05, 0.1) is 24.0 Å². The lowest BCUT2D eigenvalue weighted by molar-refractivity contribution is -0.146. The van der Waals surface area contributed by atoms with Crippen molar-refractivity contribution in [1.29, 1.82) is 0 Å². The summed E-state index contributed by atoms with van der Waals surface area (Å²) >= 11 is 0. The van der Waals surface area contributed by atoms with Gasteiger partial charge in [0, 0.05) is 32.2 Å². The van der Waals surface area contributed by atoms with E-state index in [0.29, 0.717) is 44.7 Å². The fraction of sp³-hybridized carbons (Fsp3) is 0.455. The number of piperazine rings is 1. The van der Waals surface area contributed by atoms with Gasteiger partial charge in [-0.3, -0.25) is 19.1 Å². The molecule has 1 aliphatic carbocycles. The molecule has 30 heavy (non-hydrogen) atoms. The zero-order valence-corrected chi connectivity index (χ0v) is 17.2. The number of nitrogens with zero attached hydrogens (tertiary/aromatic N) is 4. The molecule has 4 rings (SSSR count). The van der Waals surface area contributed by atoms with E-state index in [-0.39, 0.29) is 11.9 Å². The summed E-state index contributed by atoms with van der Waals surface area (Å²) in [5.41, 5.74) is 2.65. The van der Waals surface area contributed by atoms with Crippen LogP contribution in [0.1, 0.15) is 41.4 Å².